The van der Waals surface area contributed by atoms with Crippen LogP contribution in [0, 0.1) is 0 Å². The molecule has 2 aromatic rings. The van der Waals surface area contributed by atoms with Crippen molar-refractivity contribution in [3.8, 4) is 5.75 Å². The lowest BCUT2D eigenvalue weighted by molar-refractivity contribution is -0.0497. The lowest BCUT2D eigenvalue weighted by atomic mass is 10.1. The number of alkyl halides is 2. The van der Waals surface area contributed by atoms with Crippen LogP contribution in [-0.2, 0) is 0 Å². The summed E-state index contributed by atoms with van der Waals surface area (Å²) >= 11 is 11.0. The highest BCUT2D eigenvalue weighted by molar-refractivity contribution is 7.80. The topological polar surface area (TPSA) is 50.4 Å². The summed E-state index contributed by atoms with van der Waals surface area (Å²) in [4.78, 5) is 11.4. The Kier molecular flexibility index (Phi) is 6.05. The number of ketones is 1. The van der Waals surface area contributed by atoms with Crippen LogP contribution in [0.4, 0.5) is 20.2 Å². The lowest BCUT2D eigenvalue weighted by Crippen LogP contribution is -2.19. The summed E-state index contributed by atoms with van der Waals surface area (Å²) in [6, 6.07) is 11.1. The molecule has 0 bridgehead atoms. The molecule has 2 aromatic carbocycles. The molecule has 24 heavy (non-hydrogen) atoms. The maximum absolute atomic E-state index is 12.2. The van der Waals surface area contributed by atoms with Crippen LogP contribution in [0.15, 0.2) is 42.5 Å². The summed E-state index contributed by atoms with van der Waals surface area (Å²) in [5.41, 5.74) is 1.70. The molecule has 2 rings (SSSR count). The SMILES string of the molecule is CC(=O)c1cccc(NC(=S)Nc2ccc(OC(F)F)c(Cl)c2)c1. The van der Waals surface area contributed by atoms with Gasteiger partial charge in [-0.2, -0.15) is 8.78 Å². The van der Waals surface area contributed by atoms with Crippen molar-refractivity contribution in [2.24, 2.45) is 0 Å². The lowest BCUT2D eigenvalue weighted by Gasteiger charge is -2.13. The number of carbonyl (C=O) groups is 1. The predicted molar refractivity (Wildman–Crippen MR) is 94.4 cm³/mol. The Morgan fingerprint density at radius 1 is 1.17 bits per heavy atom. The highest BCUT2D eigenvalue weighted by Crippen LogP contribution is 2.29. The Morgan fingerprint density at radius 2 is 1.83 bits per heavy atom. The van der Waals surface area contributed by atoms with E-state index >= 15 is 0 Å². The molecule has 8 heteroatoms. The smallest absolute Gasteiger partial charge is 0.387 e. The van der Waals surface area contributed by atoms with Gasteiger partial charge >= 0.3 is 6.61 Å². The van der Waals surface area contributed by atoms with Gasteiger partial charge in [-0.25, -0.2) is 0 Å². The molecule has 0 radical (unpaired) electrons. The van der Waals surface area contributed by atoms with Gasteiger partial charge in [-0.1, -0.05) is 23.7 Å². The predicted octanol–water partition coefficient (Wildman–Crippen LogP) is 4.95. The number of thiocarbonyl (C=S) groups is 1. The quantitative estimate of drug-likeness (QED) is 0.576. The molecule has 0 aliphatic heterocycles. The molecule has 2 N–H and O–H groups in total. The number of rotatable bonds is 5. The number of carbonyl (C=O) groups excluding carboxylic acids is 1. The van der Waals surface area contributed by atoms with E-state index in [0.717, 1.165) is 0 Å². The zero-order chi connectivity index (χ0) is 17.7. The fraction of sp³-hybridized carbons (Fsp3) is 0.125. The zero-order valence-electron chi connectivity index (χ0n) is 12.5. The summed E-state index contributed by atoms with van der Waals surface area (Å²) in [5.74, 6) is -0.177. The van der Waals surface area contributed by atoms with Gasteiger partial charge in [0.05, 0.1) is 5.02 Å². The van der Waals surface area contributed by atoms with Crippen LogP contribution in [0.3, 0.4) is 0 Å². The maximum atomic E-state index is 12.2. The molecule has 0 saturated heterocycles. The van der Waals surface area contributed by atoms with E-state index in [4.69, 9.17) is 23.8 Å². The number of nitrogens with one attached hydrogen (secondary N) is 2. The van der Waals surface area contributed by atoms with E-state index in [1.165, 1.54) is 25.1 Å². The Labute approximate surface area is 147 Å². The summed E-state index contributed by atoms with van der Waals surface area (Å²) in [6.07, 6.45) is 0. The van der Waals surface area contributed by atoms with Gasteiger partial charge < -0.3 is 15.4 Å². The average molecular weight is 371 g/mol. The van der Waals surface area contributed by atoms with Crippen molar-refractivity contribution in [1.29, 1.82) is 0 Å². The largest absolute Gasteiger partial charge is 0.433 e. The van der Waals surface area contributed by atoms with E-state index in [9.17, 15) is 13.6 Å². The minimum atomic E-state index is -2.95. The van der Waals surface area contributed by atoms with E-state index < -0.39 is 6.61 Å². The molecule has 0 aliphatic rings. The number of ether oxygens (including phenoxy) is 1. The van der Waals surface area contributed by atoms with Crippen molar-refractivity contribution in [3.63, 3.8) is 0 Å². The van der Waals surface area contributed by atoms with Gasteiger partial charge in [0, 0.05) is 16.9 Å². The summed E-state index contributed by atoms with van der Waals surface area (Å²) < 4.78 is 28.6. The second-order valence-corrected chi connectivity index (χ2v) is 5.56. The van der Waals surface area contributed by atoms with Gasteiger partial charge in [0.15, 0.2) is 10.9 Å². The summed E-state index contributed by atoms with van der Waals surface area (Å²) in [7, 11) is 0. The van der Waals surface area contributed by atoms with Crippen LogP contribution in [0.25, 0.3) is 0 Å². The van der Waals surface area contributed by atoms with Crippen LogP contribution in [-0.4, -0.2) is 17.5 Å². The molecule has 0 spiro atoms. The number of benzene rings is 2. The van der Waals surface area contributed by atoms with Gasteiger partial charge in [0.2, 0.25) is 0 Å². The van der Waals surface area contributed by atoms with Crippen LogP contribution in [0.1, 0.15) is 17.3 Å². The molecule has 0 amide bonds. The second kappa shape index (κ2) is 8.03. The third-order valence-corrected chi connectivity index (χ3v) is 3.43. The van der Waals surface area contributed by atoms with Crippen LogP contribution in [0.2, 0.25) is 5.02 Å². The van der Waals surface area contributed by atoms with Crippen molar-refractivity contribution >= 4 is 46.1 Å². The average Bonchev–Trinajstić information content (AvgIpc) is 2.49. The molecular formula is C16H13ClF2N2O2S. The molecular weight excluding hydrogens is 358 g/mol. The van der Waals surface area contributed by atoms with E-state index in [0.29, 0.717) is 16.9 Å². The van der Waals surface area contributed by atoms with Crippen molar-refractivity contribution in [2.45, 2.75) is 13.5 Å². The molecule has 0 aromatic heterocycles. The van der Waals surface area contributed by atoms with E-state index in [1.54, 1.807) is 24.3 Å². The first-order chi connectivity index (χ1) is 11.3. The third-order valence-electron chi connectivity index (χ3n) is 2.93. The van der Waals surface area contributed by atoms with Crippen LogP contribution < -0.4 is 15.4 Å². The Bertz CT molecular complexity index is 771. The molecule has 0 fully saturated rings. The van der Waals surface area contributed by atoms with E-state index in [1.807, 2.05) is 0 Å². The molecule has 0 heterocycles. The first-order valence-electron chi connectivity index (χ1n) is 6.78. The van der Waals surface area contributed by atoms with Gasteiger partial charge in [0.25, 0.3) is 0 Å². The first-order valence-corrected chi connectivity index (χ1v) is 7.57. The fourth-order valence-corrected chi connectivity index (χ4v) is 2.34. The molecule has 0 atom stereocenters. The molecule has 0 unspecified atom stereocenters. The van der Waals surface area contributed by atoms with Gasteiger partial charge in [0.1, 0.15) is 5.75 Å². The molecule has 0 saturated carbocycles. The van der Waals surface area contributed by atoms with Crippen molar-refractivity contribution in [3.05, 3.63) is 53.1 Å². The Morgan fingerprint density at radius 3 is 2.42 bits per heavy atom. The Balaban J connectivity index is 2.03. The number of halogens is 3. The Hall–Kier alpha value is -2.25. The first kappa shape index (κ1) is 18.1. The molecule has 126 valence electrons. The number of anilines is 2. The monoisotopic (exact) mass is 370 g/mol. The second-order valence-electron chi connectivity index (χ2n) is 4.74. The van der Waals surface area contributed by atoms with E-state index in [2.05, 4.69) is 15.4 Å². The summed E-state index contributed by atoms with van der Waals surface area (Å²) in [5, 5.41) is 6.08. The van der Waals surface area contributed by atoms with Gasteiger partial charge in [-0.3, -0.25) is 4.79 Å². The minimum Gasteiger partial charge on any atom is -0.433 e. The fourth-order valence-electron chi connectivity index (χ4n) is 1.88. The van der Waals surface area contributed by atoms with Crippen molar-refractivity contribution in [1.82, 2.24) is 0 Å². The highest BCUT2D eigenvalue weighted by atomic mass is 35.5. The number of hydrogen-bond acceptors (Lipinski definition) is 3. The molecule has 4 nitrogen and oxygen atoms in total. The summed E-state index contributed by atoms with van der Waals surface area (Å²) in [6.45, 7) is -1.47. The molecule has 0 aliphatic carbocycles. The zero-order valence-corrected chi connectivity index (χ0v) is 14.0. The standard InChI is InChI=1S/C16H13ClF2N2O2S/c1-9(22)10-3-2-4-11(7-10)20-16(24)21-12-5-6-14(13(17)8-12)23-15(18)19/h2-8,15H,1H3,(H2,20,21,24). The third kappa shape index (κ3) is 5.14. The van der Waals surface area contributed by atoms with Crippen molar-refractivity contribution in [2.75, 3.05) is 10.6 Å². The van der Waals surface area contributed by atoms with E-state index in [-0.39, 0.29) is 21.7 Å². The van der Waals surface area contributed by atoms with Crippen LogP contribution in [0.5, 0.6) is 5.75 Å². The van der Waals surface area contributed by atoms with Gasteiger partial charge in [-0.05, 0) is 49.5 Å². The van der Waals surface area contributed by atoms with Crippen LogP contribution >= 0.6 is 23.8 Å². The minimum absolute atomic E-state index is 0.0293. The maximum Gasteiger partial charge on any atom is 0.387 e. The van der Waals surface area contributed by atoms with Gasteiger partial charge in [-0.15, -0.1) is 0 Å². The number of Topliss-reactive ketones (excluding diaryl/α,β-unsaturated/α-hetero) is 1. The highest BCUT2D eigenvalue weighted by Gasteiger charge is 2.10. The number of hydrogen-bond donors (Lipinski definition) is 2. The normalized spacial score (nSPS) is 10.4. The van der Waals surface area contributed by atoms with Crippen molar-refractivity contribution < 1.29 is 18.3 Å².